The number of aromatic carboxylic acids is 1. The van der Waals surface area contributed by atoms with E-state index in [-0.39, 0.29) is 11.5 Å². The lowest BCUT2D eigenvalue weighted by atomic mass is 10.1. The summed E-state index contributed by atoms with van der Waals surface area (Å²) in [6.45, 7) is 3.03. The number of hydrogen-bond acceptors (Lipinski definition) is 4. The Balaban J connectivity index is 1.61. The highest BCUT2D eigenvalue weighted by Crippen LogP contribution is 2.16. The van der Waals surface area contributed by atoms with Crippen molar-refractivity contribution < 1.29 is 19.4 Å². The van der Waals surface area contributed by atoms with Crippen molar-refractivity contribution in [3.8, 4) is 5.75 Å². The van der Waals surface area contributed by atoms with Crippen molar-refractivity contribution in [3.05, 3.63) is 65.2 Å². The van der Waals surface area contributed by atoms with Crippen LogP contribution in [0.1, 0.15) is 27.9 Å². The quantitative estimate of drug-likeness (QED) is 0.849. The zero-order valence-electron chi connectivity index (χ0n) is 15.4. The third-order valence-electron chi connectivity index (χ3n) is 4.73. The van der Waals surface area contributed by atoms with Crippen LogP contribution in [0.5, 0.6) is 5.75 Å². The van der Waals surface area contributed by atoms with Gasteiger partial charge in [0.15, 0.2) is 0 Å². The summed E-state index contributed by atoms with van der Waals surface area (Å²) in [4.78, 5) is 27.8. The molecular weight excluding hydrogens is 344 g/mol. The van der Waals surface area contributed by atoms with Gasteiger partial charge in [0, 0.05) is 26.2 Å². The Morgan fingerprint density at radius 1 is 1.07 bits per heavy atom. The van der Waals surface area contributed by atoms with Gasteiger partial charge in [0.25, 0.3) is 0 Å². The summed E-state index contributed by atoms with van der Waals surface area (Å²) in [5.74, 6) is -0.0390. The largest absolute Gasteiger partial charge is 0.497 e. The van der Waals surface area contributed by atoms with Gasteiger partial charge < -0.3 is 14.7 Å². The van der Waals surface area contributed by atoms with E-state index in [9.17, 15) is 9.59 Å². The Hall–Kier alpha value is -2.86. The maximum atomic E-state index is 12.7. The molecule has 0 unspecified atom stereocenters. The third kappa shape index (κ3) is 5.08. The normalized spacial score (nSPS) is 15.4. The smallest absolute Gasteiger partial charge is 0.335 e. The molecule has 1 N–H and O–H groups in total. The van der Waals surface area contributed by atoms with Gasteiger partial charge in [-0.1, -0.05) is 24.3 Å². The molecule has 0 aromatic heterocycles. The maximum absolute atomic E-state index is 12.7. The minimum Gasteiger partial charge on any atom is -0.497 e. The number of carbonyl (C=O) groups is 2. The van der Waals surface area contributed by atoms with E-state index in [1.54, 1.807) is 25.3 Å². The number of carboxylic acid groups (broad SMARTS) is 1. The number of methoxy groups -OCH3 is 1. The van der Waals surface area contributed by atoms with Crippen molar-refractivity contribution in [1.29, 1.82) is 0 Å². The van der Waals surface area contributed by atoms with Gasteiger partial charge in [0.05, 0.1) is 19.2 Å². The van der Waals surface area contributed by atoms with Crippen molar-refractivity contribution in [2.75, 3.05) is 26.7 Å². The van der Waals surface area contributed by atoms with Crippen LogP contribution in [-0.4, -0.2) is 53.5 Å². The molecule has 27 heavy (non-hydrogen) atoms. The van der Waals surface area contributed by atoms with E-state index < -0.39 is 5.97 Å². The summed E-state index contributed by atoms with van der Waals surface area (Å²) in [5.41, 5.74) is 2.26. The third-order valence-corrected chi connectivity index (χ3v) is 4.73. The summed E-state index contributed by atoms with van der Waals surface area (Å²) in [7, 11) is 1.63. The molecule has 6 heteroatoms. The number of ether oxygens (including phenoxy) is 1. The number of nitrogens with zero attached hydrogens (tertiary/aromatic N) is 2. The molecule has 1 amide bonds. The second-order valence-corrected chi connectivity index (χ2v) is 6.73. The predicted molar refractivity (Wildman–Crippen MR) is 102 cm³/mol. The Morgan fingerprint density at radius 3 is 2.56 bits per heavy atom. The van der Waals surface area contributed by atoms with Crippen LogP contribution < -0.4 is 4.74 Å². The van der Waals surface area contributed by atoms with Gasteiger partial charge in [-0.3, -0.25) is 9.69 Å². The average molecular weight is 368 g/mol. The van der Waals surface area contributed by atoms with Crippen molar-refractivity contribution in [2.45, 2.75) is 19.5 Å². The molecule has 1 aliphatic rings. The molecular formula is C21H24N2O4. The van der Waals surface area contributed by atoms with E-state index in [1.165, 1.54) is 0 Å². The van der Waals surface area contributed by atoms with E-state index in [4.69, 9.17) is 9.84 Å². The second-order valence-electron chi connectivity index (χ2n) is 6.73. The topological polar surface area (TPSA) is 70.1 Å². The average Bonchev–Trinajstić information content (AvgIpc) is 2.84. The first-order valence-corrected chi connectivity index (χ1v) is 9.00. The zero-order valence-corrected chi connectivity index (χ0v) is 15.4. The van der Waals surface area contributed by atoms with Crippen molar-refractivity contribution >= 4 is 11.9 Å². The number of carboxylic acids is 1. The minimum atomic E-state index is -0.936. The first kappa shape index (κ1) is 18.9. The molecule has 0 bridgehead atoms. The number of rotatable bonds is 6. The number of benzene rings is 2. The highest BCUT2D eigenvalue weighted by Gasteiger charge is 2.22. The van der Waals surface area contributed by atoms with Crippen molar-refractivity contribution in [1.82, 2.24) is 9.80 Å². The molecule has 6 nitrogen and oxygen atoms in total. The van der Waals surface area contributed by atoms with Crippen LogP contribution in [0.2, 0.25) is 0 Å². The van der Waals surface area contributed by atoms with Crippen LogP contribution >= 0.6 is 0 Å². The van der Waals surface area contributed by atoms with Gasteiger partial charge in [0.2, 0.25) is 5.91 Å². The summed E-state index contributed by atoms with van der Waals surface area (Å²) < 4.78 is 5.17. The van der Waals surface area contributed by atoms with E-state index >= 15 is 0 Å². The Labute approximate surface area is 159 Å². The van der Waals surface area contributed by atoms with E-state index in [1.807, 2.05) is 35.2 Å². The molecule has 1 saturated heterocycles. The van der Waals surface area contributed by atoms with Crippen LogP contribution in [0, 0.1) is 0 Å². The summed E-state index contributed by atoms with van der Waals surface area (Å²) in [5, 5.41) is 9.13. The highest BCUT2D eigenvalue weighted by molar-refractivity contribution is 5.87. The lowest BCUT2D eigenvalue weighted by Gasteiger charge is -2.22. The molecule has 0 spiro atoms. The first-order chi connectivity index (χ1) is 13.0. The lowest BCUT2D eigenvalue weighted by molar-refractivity contribution is -0.131. The lowest BCUT2D eigenvalue weighted by Crippen LogP contribution is -2.36. The van der Waals surface area contributed by atoms with Crippen LogP contribution in [0.3, 0.4) is 0 Å². The summed E-state index contributed by atoms with van der Waals surface area (Å²) in [6, 6.07) is 14.7. The molecule has 0 atom stereocenters. The summed E-state index contributed by atoms with van der Waals surface area (Å²) in [6.07, 6.45) is 0.889. The van der Waals surface area contributed by atoms with Gasteiger partial charge >= 0.3 is 5.97 Å². The number of amides is 1. The van der Waals surface area contributed by atoms with Gasteiger partial charge in [-0.05, 0) is 41.8 Å². The van der Waals surface area contributed by atoms with E-state index in [0.29, 0.717) is 19.6 Å². The Bertz CT molecular complexity index is 804. The van der Waals surface area contributed by atoms with Gasteiger partial charge in [-0.25, -0.2) is 4.79 Å². The SMILES string of the molecule is COc1ccc(CN2CCCN(Cc3cccc(C(=O)O)c3)CC2=O)cc1. The van der Waals surface area contributed by atoms with E-state index in [2.05, 4.69) is 4.90 Å². The van der Waals surface area contributed by atoms with E-state index in [0.717, 1.165) is 36.4 Å². The fraction of sp³-hybridized carbons (Fsp3) is 0.333. The van der Waals surface area contributed by atoms with Crippen molar-refractivity contribution in [2.24, 2.45) is 0 Å². The Morgan fingerprint density at radius 2 is 1.85 bits per heavy atom. The second kappa shape index (κ2) is 8.68. The molecule has 1 fully saturated rings. The fourth-order valence-corrected chi connectivity index (χ4v) is 3.29. The van der Waals surface area contributed by atoms with Crippen LogP contribution in [0.15, 0.2) is 48.5 Å². The fourth-order valence-electron chi connectivity index (χ4n) is 3.29. The molecule has 2 aromatic rings. The van der Waals surface area contributed by atoms with Crippen LogP contribution in [-0.2, 0) is 17.9 Å². The number of hydrogen-bond donors (Lipinski definition) is 1. The highest BCUT2D eigenvalue weighted by atomic mass is 16.5. The molecule has 1 heterocycles. The first-order valence-electron chi connectivity index (χ1n) is 9.00. The maximum Gasteiger partial charge on any atom is 0.335 e. The van der Waals surface area contributed by atoms with Gasteiger partial charge in [0.1, 0.15) is 5.75 Å². The number of carbonyl (C=O) groups excluding carboxylic acids is 1. The standard InChI is InChI=1S/C21H24N2O4/c1-27-19-8-6-16(7-9-19)14-23-11-3-10-22(15-20(23)24)13-17-4-2-5-18(12-17)21(25)26/h2,4-9,12H,3,10-11,13-15H2,1H3,(H,25,26). The van der Waals surface area contributed by atoms with Crippen LogP contribution in [0.25, 0.3) is 0 Å². The van der Waals surface area contributed by atoms with Crippen LogP contribution in [0.4, 0.5) is 0 Å². The molecule has 142 valence electrons. The molecule has 3 rings (SSSR count). The molecule has 1 aliphatic heterocycles. The minimum absolute atomic E-state index is 0.0951. The zero-order chi connectivity index (χ0) is 19.2. The molecule has 0 aliphatic carbocycles. The van der Waals surface area contributed by atoms with Crippen molar-refractivity contribution in [3.63, 3.8) is 0 Å². The predicted octanol–water partition coefficient (Wildman–Crippen LogP) is 2.63. The molecule has 2 aromatic carbocycles. The summed E-state index contributed by atoms with van der Waals surface area (Å²) >= 11 is 0. The Kier molecular flexibility index (Phi) is 6.08. The van der Waals surface area contributed by atoms with Gasteiger partial charge in [-0.15, -0.1) is 0 Å². The monoisotopic (exact) mass is 368 g/mol. The van der Waals surface area contributed by atoms with Gasteiger partial charge in [-0.2, -0.15) is 0 Å². The molecule has 0 saturated carbocycles. The molecule has 0 radical (unpaired) electrons.